The summed E-state index contributed by atoms with van der Waals surface area (Å²) in [5, 5.41) is 0. The van der Waals surface area contributed by atoms with Crippen LogP contribution < -0.4 is 0 Å². The topological polar surface area (TPSA) is 77.7 Å². The van der Waals surface area contributed by atoms with E-state index in [0.29, 0.717) is 37.3 Å². The summed E-state index contributed by atoms with van der Waals surface area (Å²) < 4.78 is 21.2. The number of ether oxygens (including phenoxy) is 4. The standard InChI is InChI=1S/C30H54O6/c1-25-27(35-25)19-15-11-7-3-5-9-13-17-21-29(31)33-23-24-34-30(32)22-18-14-10-6-4-8-12-16-20-28-26(2)36-28/h25-28H,3-24H2,1-2H3. The van der Waals surface area contributed by atoms with Gasteiger partial charge in [0.15, 0.2) is 0 Å². The summed E-state index contributed by atoms with van der Waals surface area (Å²) in [7, 11) is 0. The van der Waals surface area contributed by atoms with E-state index in [-0.39, 0.29) is 25.2 Å². The van der Waals surface area contributed by atoms with Gasteiger partial charge in [-0.15, -0.1) is 0 Å². The first kappa shape index (κ1) is 31.1. The van der Waals surface area contributed by atoms with E-state index >= 15 is 0 Å². The fraction of sp³-hybridized carbons (Fsp3) is 0.933. The Bertz CT molecular complexity index is 530. The van der Waals surface area contributed by atoms with Crippen molar-refractivity contribution in [3.63, 3.8) is 0 Å². The molecule has 2 fully saturated rings. The Morgan fingerprint density at radius 2 is 0.778 bits per heavy atom. The molecule has 2 saturated heterocycles. The van der Waals surface area contributed by atoms with Crippen LogP contribution in [0, 0.1) is 0 Å². The van der Waals surface area contributed by atoms with Crippen molar-refractivity contribution in [1.82, 2.24) is 0 Å². The predicted molar refractivity (Wildman–Crippen MR) is 143 cm³/mol. The van der Waals surface area contributed by atoms with E-state index in [1.165, 1.54) is 89.9 Å². The molecule has 0 aromatic rings. The Morgan fingerprint density at radius 1 is 0.500 bits per heavy atom. The quantitative estimate of drug-likeness (QED) is 0.0721. The van der Waals surface area contributed by atoms with Crippen LogP contribution in [0.2, 0.25) is 0 Å². The van der Waals surface area contributed by atoms with Gasteiger partial charge in [0.05, 0.1) is 24.4 Å². The Kier molecular flexibility index (Phi) is 17.2. The van der Waals surface area contributed by atoms with Crippen molar-refractivity contribution >= 4 is 11.9 Å². The van der Waals surface area contributed by atoms with Crippen LogP contribution in [0.25, 0.3) is 0 Å². The van der Waals surface area contributed by atoms with E-state index < -0.39 is 0 Å². The summed E-state index contributed by atoms with van der Waals surface area (Å²) in [5.41, 5.74) is 0. The molecule has 4 atom stereocenters. The first-order valence-electron chi connectivity index (χ1n) is 15.2. The molecule has 6 heteroatoms. The van der Waals surface area contributed by atoms with Crippen LogP contribution in [-0.4, -0.2) is 49.6 Å². The highest BCUT2D eigenvalue weighted by Gasteiger charge is 2.33. The third kappa shape index (κ3) is 17.3. The molecule has 6 nitrogen and oxygen atoms in total. The fourth-order valence-corrected chi connectivity index (χ4v) is 4.87. The summed E-state index contributed by atoms with van der Waals surface area (Å²) >= 11 is 0. The molecule has 36 heavy (non-hydrogen) atoms. The largest absolute Gasteiger partial charge is 0.462 e. The molecule has 2 aliphatic heterocycles. The van der Waals surface area contributed by atoms with Crippen molar-refractivity contribution in [2.45, 2.75) is 167 Å². The van der Waals surface area contributed by atoms with E-state index in [4.69, 9.17) is 18.9 Å². The summed E-state index contributed by atoms with van der Waals surface area (Å²) in [5.74, 6) is -0.365. The van der Waals surface area contributed by atoms with Crippen LogP contribution in [-0.2, 0) is 28.5 Å². The van der Waals surface area contributed by atoms with Gasteiger partial charge in [-0.25, -0.2) is 0 Å². The Morgan fingerprint density at radius 3 is 1.08 bits per heavy atom. The summed E-state index contributed by atoms with van der Waals surface area (Å²) in [6.07, 6.45) is 24.6. The van der Waals surface area contributed by atoms with Gasteiger partial charge in [0.2, 0.25) is 0 Å². The van der Waals surface area contributed by atoms with Gasteiger partial charge in [0.25, 0.3) is 0 Å². The number of carbonyl (C=O) groups excluding carboxylic acids is 2. The summed E-state index contributed by atoms with van der Waals surface area (Å²) in [6.45, 7) is 4.63. The number of esters is 2. The van der Waals surface area contributed by atoms with Gasteiger partial charge in [0.1, 0.15) is 13.2 Å². The zero-order valence-corrected chi connectivity index (χ0v) is 23.3. The average molecular weight is 511 g/mol. The number of carbonyl (C=O) groups is 2. The van der Waals surface area contributed by atoms with Crippen LogP contribution in [0.5, 0.6) is 0 Å². The second-order valence-electron chi connectivity index (χ2n) is 10.9. The predicted octanol–water partition coefficient (Wildman–Crippen LogP) is 7.45. The maximum Gasteiger partial charge on any atom is 0.305 e. The van der Waals surface area contributed by atoms with Gasteiger partial charge in [-0.2, -0.15) is 0 Å². The van der Waals surface area contributed by atoms with Crippen LogP contribution in [0.3, 0.4) is 0 Å². The van der Waals surface area contributed by atoms with Crippen molar-refractivity contribution in [3.8, 4) is 0 Å². The second kappa shape index (κ2) is 19.9. The smallest absolute Gasteiger partial charge is 0.305 e. The van der Waals surface area contributed by atoms with Crippen molar-refractivity contribution in [2.24, 2.45) is 0 Å². The fourth-order valence-electron chi connectivity index (χ4n) is 4.87. The summed E-state index contributed by atoms with van der Waals surface area (Å²) in [6, 6.07) is 0. The average Bonchev–Trinajstić information content (AvgIpc) is 3.76. The number of unbranched alkanes of at least 4 members (excludes halogenated alkanes) is 14. The van der Waals surface area contributed by atoms with Crippen molar-refractivity contribution in [2.75, 3.05) is 13.2 Å². The molecule has 0 amide bonds. The van der Waals surface area contributed by atoms with Gasteiger partial charge < -0.3 is 18.9 Å². The number of rotatable bonds is 25. The van der Waals surface area contributed by atoms with Gasteiger partial charge in [0, 0.05) is 12.8 Å². The van der Waals surface area contributed by atoms with E-state index in [9.17, 15) is 9.59 Å². The number of epoxide rings is 2. The second-order valence-corrected chi connectivity index (χ2v) is 10.9. The lowest BCUT2D eigenvalue weighted by Crippen LogP contribution is -2.13. The zero-order valence-electron chi connectivity index (χ0n) is 23.3. The van der Waals surface area contributed by atoms with Crippen LogP contribution in [0.15, 0.2) is 0 Å². The highest BCUT2D eigenvalue weighted by Crippen LogP contribution is 2.27. The molecule has 0 aromatic carbocycles. The molecule has 0 N–H and O–H groups in total. The zero-order chi connectivity index (χ0) is 25.8. The maximum absolute atomic E-state index is 11.8. The molecular weight excluding hydrogens is 456 g/mol. The maximum atomic E-state index is 11.8. The van der Waals surface area contributed by atoms with E-state index in [1.807, 2.05) is 0 Å². The molecule has 210 valence electrons. The third-order valence-electron chi connectivity index (χ3n) is 7.52. The normalized spacial score (nSPS) is 22.4. The van der Waals surface area contributed by atoms with Gasteiger partial charge in [-0.05, 0) is 39.5 Å². The lowest BCUT2D eigenvalue weighted by atomic mass is 10.1. The molecule has 2 rings (SSSR count). The van der Waals surface area contributed by atoms with Crippen molar-refractivity contribution < 1.29 is 28.5 Å². The monoisotopic (exact) mass is 510 g/mol. The molecular formula is C30H54O6. The SMILES string of the molecule is CC1OC1CCCCCCCCCCC(=O)OCCOC(=O)CCCCCCCCCCC1OC1C. The van der Waals surface area contributed by atoms with E-state index in [1.54, 1.807) is 0 Å². The Hall–Kier alpha value is -1.14. The molecule has 0 radical (unpaired) electrons. The molecule has 4 unspecified atom stereocenters. The van der Waals surface area contributed by atoms with Gasteiger partial charge in [-0.1, -0.05) is 89.9 Å². The Balaban J connectivity index is 1.22. The highest BCUT2D eigenvalue weighted by atomic mass is 16.6. The van der Waals surface area contributed by atoms with Crippen molar-refractivity contribution in [3.05, 3.63) is 0 Å². The molecule has 2 heterocycles. The van der Waals surface area contributed by atoms with E-state index in [2.05, 4.69) is 13.8 Å². The molecule has 0 aliphatic carbocycles. The number of hydrogen-bond acceptors (Lipinski definition) is 6. The first-order chi connectivity index (χ1) is 17.6. The molecule has 2 aliphatic rings. The molecule has 0 aromatic heterocycles. The van der Waals surface area contributed by atoms with Crippen LogP contribution in [0.4, 0.5) is 0 Å². The minimum Gasteiger partial charge on any atom is -0.462 e. The van der Waals surface area contributed by atoms with E-state index in [0.717, 1.165) is 25.7 Å². The summed E-state index contributed by atoms with van der Waals surface area (Å²) in [4.78, 5) is 23.6. The number of hydrogen-bond donors (Lipinski definition) is 0. The Labute approximate surface area is 220 Å². The minimum absolute atomic E-state index is 0.168. The molecule has 0 spiro atoms. The lowest BCUT2D eigenvalue weighted by Gasteiger charge is -2.07. The highest BCUT2D eigenvalue weighted by molar-refractivity contribution is 5.70. The molecule has 0 bridgehead atoms. The van der Waals surface area contributed by atoms with Gasteiger partial charge in [-0.3, -0.25) is 9.59 Å². The molecule has 0 saturated carbocycles. The van der Waals surface area contributed by atoms with Crippen molar-refractivity contribution in [1.29, 1.82) is 0 Å². The van der Waals surface area contributed by atoms with Gasteiger partial charge >= 0.3 is 11.9 Å². The van der Waals surface area contributed by atoms with Crippen LogP contribution in [0.1, 0.15) is 142 Å². The first-order valence-corrected chi connectivity index (χ1v) is 15.2. The van der Waals surface area contributed by atoms with Crippen LogP contribution >= 0.6 is 0 Å². The third-order valence-corrected chi connectivity index (χ3v) is 7.52. The lowest BCUT2D eigenvalue weighted by molar-refractivity contribution is -0.152. The minimum atomic E-state index is -0.182.